The third-order valence-electron chi connectivity index (χ3n) is 1.34. The molecule has 1 amide bonds. The molecule has 12 heavy (non-hydrogen) atoms. The number of amides is 1. The van der Waals surface area contributed by atoms with Crippen LogP contribution >= 0.6 is 15.9 Å². The summed E-state index contributed by atoms with van der Waals surface area (Å²) in [5.74, 6) is -0.134. The highest BCUT2D eigenvalue weighted by atomic mass is 79.9. The molecular weight excluding hydrogens is 220 g/mol. The first-order valence-electron chi connectivity index (χ1n) is 3.46. The second-order valence-corrected chi connectivity index (χ2v) is 3.13. The second kappa shape index (κ2) is 4.23. The number of hydrogen-bond donors (Lipinski definition) is 2. The Morgan fingerprint density at radius 2 is 1.92 bits per heavy atom. The van der Waals surface area contributed by atoms with Crippen molar-refractivity contribution in [2.75, 3.05) is 7.05 Å². The molecule has 0 bridgehead atoms. The summed E-state index contributed by atoms with van der Waals surface area (Å²) in [5, 5.41) is 0. The van der Waals surface area contributed by atoms with Crippen molar-refractivity contribution >= 4 is 21.8 Å². The normalized spacial score (nSPS) is 9.50. The van der Waals surface area contributed by atoms with Crippen LogP contribution in [-0.2, 0) is 0 Å². The molecule has 0 aromatic heterocycles. The first-order chi connectivity index (χ1) is 5.74. The summed E-state index contributed by atoms with van der Waals surface area (Å²) in [6.07, 6.45) is 0. The van der Waals surface area contributed by atoms with E-state index in [0.29, 0.717) is 5.56 Å². The number of hydrazine groups is 1. The number of hydrogen-bond acceptors (Lipinski definition) is 2. The Bertz CT molecular complexity index is 271. The summed E-state index contributed by atoms with van der Waals surface area (Å²) in [6.45, 7) is 0. The van der Waals surface area contributed by atoms with E-state index in [9.17, 15) is 4.79 Å². The van der Waals surface area contributed by atoms with E-state index in [1.807, 2.05) is 12.1 Å². The molecule has 0 unspecified atom stereocenters. The van der Waals surface area contributed by atoms with Crippen molar-refractivity contribution < 1.29 is 4.79 Å². The van der Waals surface area contributed by atoms with Gasteiger partial charge < -0.3 is 0 Å². The lowest BCUT2D eigenvalue weighted by Crippen LogP contribution is -2.33. The Hall–Kier alpha value is -0.870. The lowest BCUT2D eigenvalue weighted by atomic mass is 10.2. The van der Waals surface area contributed by atoms with Crippen LogP contribution in [0.25, 0.3) is 0 Å². The quantitative estimate of drug-likeness (QED) is 0.750. The number of halogens is 1. The molecule has 2 N–H and O–H groups in total. The van der Waals surface area contributed by atoms with E-state index in [0.717, 1.165) is 4.47 Å². The van der Waals surface area contributed by atoms with Crippen molar-refractivity contribution in [2.24, 2.45) is 0 Å². The van der Waals surface area contributed by atoms with Crippen LogP contribution in [0.5, 0.6) is 0 Å². The molecule has 0 saturated carbocycles. The fraction of sp³-hybridized carbons (Fsp3) is 0.125. The number of benzene rings is 1. The van der Waals surface area contributed by atoms with Crippen LogP contribution in [0.4, 0.5) is 0 Å². The topological polar surface area (TPSA) is 41.1 Å². The number of rotatable bonds is 2. The number of carbonyl (C=O) groups is 1. The van der Waals surface area contributed by atoms with E-state index in [-0.39, 0.29) is 5.91 Å². The number of nitrogens with one attached hydrogen (secondary N) is 2. The van der Waals surface area contributed by atoms with E-state index in [2.05, 4.69) is 26.8 Å². The molecule has 64 valence electrons. The molecule has 0 aliphatic rings. The van der Waals surface area contributed by atoms with Gasteiger partial charge in [-0.2, -0.15) is 0 Å². The van der Waals surface area contributed by atoms with Gasteiger partial charge in [0.2, 0.25) is 0 Å². The van der Waals surface area contributed by atoms with Gasteiger partial charge in [0, 0.05) is 17.1 Å². The highest BCUT2D eigenvalue weighted by Crippen LogP contribution is 2.09. The van der Waals surface area contributed by atoms with Crippen molar-refractivity contribution in [1.82, 2.24) is 10.9 Å². The van der Waals surface area contributed by atoms with Crippen LogP contribution in [0.1, 0.15) is 10.4 Å². The van der Waals surface area contributed by atoms with Crippen LogP contribution in [0.3, 0.4) is 0 Å². The van der Waals surface area contributed by atoms with Crippen LogP contribution < -0.4 is 10.9 Å². The molecule has 0 fully saturated rings. The largest absolute Gasteiger partial charge is 0.288 e. The first-order valence-corrected chi connectivity index (χ1v) is 4.26. The molecule has 0 aliphatic heterocycles. The third-order valence-corrected chi connectivity index (χ3v) is 1.87. The van der Waals surface area contributed by atoms with E-state index >= 15 is 0 Å². The highest BCUT2D eigenvalue weighted by Gasteiger charge is 2.01. The second-order valence-electron chi connectivity index (χ2n) is 2.21. The zero-order valence-electron chi connectivity index (χ0n) is 6.60. The van der Waals surface area contributed by atoms with Gasteiger partial charge in [0.05, 0.1) is 0 Å². The molecule has 1 aromatic carbocycles. The summed E-state index contributed by atoms with van der Waals surface area (Å²) in [5.41, 5.74) is 5.68. The standard InChI is InChI=1S/C8H9BrN2O/c1-10-11-8(12)6-2-4-7(9)5-3-6/h2-5,10H,1H3,(H,11,12). The average molecular weight is 229 g/mol. The first kappa shape index (κ1) is 9.22. The minimum Gasteiger partial charge on any atom is -0.288 e. The Morgan fingerprint density at radius 1 is 1.33 bits per heavy atom. The van der Waals surface area contributed by atoms with Crippen molar-refractivity contribution in [3.8, 4) is 0 Å². The van der Waals surface area contributed by atoms with Crippen molar-refractivity contribution in [2.45, 2.75) is 0 Å². The van der Waals surface area contributed by atoms with E-state index in [1.165, 1.54) is 0 Å². The fourth-order valence-electron chi connectivity index (χ4n) is 0.787. The van der Waals surface area contributed by atoms with Crippen LogP contribution in [-0.4, -0.2) is 13.0 Å². The minimum absolute atomic E-state index is 0.134. The summed E-state index contributed by atoms with van der Waals surface area (Å²) in [7, 11) is 1.65. The van der Waals surface area contributed by atoms with Gasteiger partial charge in [0.15, 0.2) is 0 Å². The average Bonchev–Trinajstić information content (AvgIpc) is 2.06. The smallest absolute Gasteiger partial charge is 0.265 e. The van der Waals surface area contributed by atoms with E-state index in [4.69, 9.17) is 0 Å². The Morgan fingerprint density at radius 3 is 2.42 bits per heavy atom. The molecule has 0 spiro atoms. The molecular formula is C8H9BrN2O. The van der Waals surface area contributed by atoms with Gasteiger partial charge in [0.1, 0.15) is 0 Å². The molecule has 0 saturated heterocycles. The molecule has 0 aliphatic carbocycles. The predicted octanol–water partition coefficient (Wildman–Crippen LogP) is 1.31. The predicted molar refractivity (Wildman–Crippen MR) is 50.7 cm³/mol. The third kappa shape index (κ3) is 2.32. The monoisotopic (exact) mass is 228 g/mol. The molecule has 0 heterocycles. The fourth-order valence-corrected chi connectivity index (χ4v) is 1.05. The van der Waals surface area contributed by atoms with Gasteiger partial charge in [-0.3, -0.25) is 10.2 Å². The zero-order chi connectivity index (χ0) is 8.97. The van der Waals surface area contributed by atoms with Gasteiger partial charge in [-0.15, -0.1) is 0 Å². The molecule has 3 nitrogen and oxygen atoms in total. The highest BCUT2D eigenvalue weighted by molar-refractivity contribution is 9.10. The molecule has 4 heteroatoms. The molecule has 1 aromatic rings. The summed E-state index contributed by atoms with van der Waals surface area (Å²) >= 11 is 3.29. The maximum Gasteiger partial charge on any atom is 0.265 e. The Labute approximate surface area is 79.3 Å². The lowest BCUT2D eigenvalue weighted by molar-refractivity contribution is 0.0938. The van der Waals surface area contributed by atoms with Gasteiger partial charge >= 0.3 is 0 Å². The molecule has 1 rings (SSSR count). The van der Waals surface area contributed by atoms with Crippen molar-refractivity contribution in [1.29, 1.82) is 0 Å². The van der Waals surface area contributed by atoms with Gasteiger partial charge in [-0.25, -0.2) is 5.43 Å². The van der Waals surface area contributed by atoms with Crippen molar-refractivity contribution in [3.63, 3.8) is 0 Å². The number of carbonyl (C=O) groups excluding carboxylic acids is 1. The van der Waals surface area contributed by atoms with Crippen LogP contribution in [0.2, 0.25) is 0 Å². The minimum atomic E-state index is -0.134. The summed E-state index contributed by atoms with van der Waals surface area (Å²) in [6, 6.07) is 7.14. The van der Waals surface area contributed by atoms with Gasteiger partial charge in [-0.05, 0) is 24.3 Å². The Balaban J connectivity index is 2.75. The SMILES string of the molecule is CNNC(=O)c1ccc(Br)cc1. The summed E-state index contributed by atoms with van der Waals surface area (Å²) < 4.78 is 0.962. The zero-order valence-corrected chi connectivity index (χ0v) is 8.18. The molecule has 0 radical (unpaired) electrons. The van der Waals surface area contributed by atoms with Crippen molar-refractivity contribution in [3.05, 3.63) is 34.3 Å². The van der Waals surface area contributed by atoms with Gasteiger partial charge in [0.25, 0.3) is 5.91 Å². The molecule has 0 atom stereocenters. The van der Waals surface area contributed by atoms with E-state index < -0.39 is 0 Å². The van der Waals surface area contributed by atoms with Crippen LogP contribution in [0.15, 0.2) is 28.7 Å². The Kier molecular flexibility index (Phi) is 3.25. The van der Waals surface area contributed by atoms with Crippen LogP contribution in [0, 0.1) is 0 Å². The van der Waals surface area contributed by atoms with Gasteiger partial charge in [-0.1, -0.05) is 15.9 Å². The maximum absolute atomic E-state index is 11.2. The summed E-state index contributed by atoms with van der Waals surface area (Å²) in [4.78, 5) is 11.2. The van der Waals surface area contributed by atoms with E-state index in [1.54, 1.807) is 19.2 Å². The lowest BCUT2D eigenvalue weighted by Gasteiger charge is -2.01. The maximum atomic E-state index is 11.2.